The quantitative estimate of drug-likeness (QED) is 0.169. The summed E-state index contributed by atoms with van der Waals surface area (Å²) in [5.74, 6) is -3.29. The minimum Gasteiger partial charge on any atom is -0.461 e. The molecule has 0 saturated heterocycles. The van der Waals surface area contributed by atoms with Crippen molar-refractivity contribution in [3.63, 3.8) is 0 Å². The minimum atomic E-state index is -4.29. The van der Waals surface area contributed by atoms with Crippen LogP contribution < -0.4 is 20.9 Å². The Morgan fingerprint density at radius 2 is 1.95 bits per heavy atom. The first-order valence-electron chi connectivity index (χ1n) is 13.6. The predicted molar refractivity (Wildman–Crippen MR) is 152 cm³/mol. The first kappa shape index (κ1) is 34.1. The average molecular weight is 631 g/mol. The Morgan fingerprint density at radius 3 is 2.56 bits per heavy atom. The summed E-state index contributed by atoms with van der Waals surface area (Å²) in [6, 6.07) is 6.95. The average Bonchev–Trinajstić information content (AvgIpc) is 3.40. The Balaban J connectivity index is 0.000000321. The molecule has 2 heterocycles. The van der Waals surface area contributed by atoms with Gasteiger partial charge in [0.1, 0.15) is 31.2 Å². The van der Waals surface area contributed by atoms with Gasteiger partial charge in [0.25, 0.3) is 11.4 Å². The van der Waals surface area contributed by atoms with Crippen LogP contribution in [0.15, 0.2) is 41.5 Å². The van der Waals surface area contributed by atoms with Crippen LogP contribution in [0.4, 0.5) is 14.7 Å². The highest BCUT2D eigenvalue weighted by atomic mass is 31.2. The van der Waals surface area contributed by atoms with E-state index >= 15 is 0 Å². The molecular formula is C26H37F2N6O8P. The van der Waals surface area contributed by atoms with Crippen molar-refractivity contribution in [2.45, 2.75) is 76.9 Å². The molecule has 0 amide bonds. The summed E-state index contributed by atoms with van der Waals surface area (Å²) in [7, 11) is -3.32. The van der Waals surface area contributed by atoms with Crippen molar-refractivity contribution in [3.05, 3.63) is 47.0 Å². The van der Waals surface area contributed by atoms with Gasteiger partial charge in [0.2, 0.25) is 5.95 Å². The van der Waals surface area contributed by atoms with Crippen molar-refractivity contribution in [1.29, 1.82) is 0 Å². The van der Waals surface area contributed by atoms with Gasteiger partial charge >= 0.3 is 13.7 Å². The van der Waals surface area contributed by atoms with E-state index < -0.39 is 44.0 Å². The molecule has 1 aromatic carbocycles. The molecule has 4 atom stereocenters. The van der Waals surface area contributed by atoms with E-state index in [4.69, 9.17) is 24.6 Å². The number of aromatic amines is 1. The van der Waals surface area contributed by atoms with Crippen molar-refractivity contribution in [2.75, 3.05) is 19.5 Å². The number of anilines is 1. The number of aliphatic hydroxyl groups excluding tert-OH is 1. The maximum atomic E-state index is 14.5. The number of methoxy groups -OCH3 is 1. The third kappa shape index (κ3) is 9.53. The number of hydrogen-bond acceptors (Lipinski definition) is 11. The van der Waals surface area contributed by atoms with Crippen LogP contribution in [-0.2, 0) is 30.1 Å². The molecule has 1 fully saturated rings. The van der Waals surface area contributed by atoms with Crippen LogP contribution in [0.5, 0.6) is 5.75 Å². The molecule has 1 aliphatic rings. The number of nitrogens with zero attached hydrogens (tertiary/aromatic N) is 3. The number of hydrogen-bond donors (Lipinski definition) is 4. The minimum absolute atomic E-state index is 0.00713. The standard InChI is InChI=1S/C20H30F2NO6P.C6H7N5O2/c1-15(19(24)28-17-10-6-4-7-11-17)23-30(25,29-18-12-8-5-9-13-18)27-14-20(22,26-3)16(2)21;7-6-9-4-3(5(13)10-6)8-1-11(4)2-12/h5,8-9,12-13,15-17H,4,6-7,10-11,14H2,1-3H3,(H,23,25);1,12H,2H2,(H3,7,9,10,13)/t15?,16-,20+,30?;/m0./s1. The van der Waals surface area contributed by atoms with E-state index in [0.29, 0.717) is 0 Å². The number of nitrogens with one attached hydrogen (secondary N) is 2. The van der Waals surface area contributed by atoms with Gasteiger partial charge in [-0.15, -0.1) is 0 Å². The largest absolute Gasteiger partial charge is 0.461 e. The summed E-state index contributed by atoms with van der Waals surface area (Å²) >= 11 is 0. The van der Waals surface area contributed by atoms with Crippen molar-refractivity contribution < 1.29 is 41.8 Å². The van der Waals surface area contributed by atoms with Crippen LogP contribution in [-0.4, -0.2) is 68.5 Å². The molecule has 0 bridgehead atoms. The monoisotopic (exact) mass is 630 g/mol. The lowest BCUT2D eigenvalue weighted by molar-refractivity contribution is -0.183. The number of halogens is 2. The number of H-pyrrole nitrogens is 1. The lowest BCUT2D eigenvalue weighted by atomic mass is 9.98. The summed E-state index contributed by atoms with van der Waals surface area (Å²) in [5.41, 5.74) is 5.36. The lowest BCUT2D eigenvalue weighted by Crippen LogP contribution is -2.42. The molecule has 0 spiro atoms. The molecule has 0 radical (unpaired) electrons. The van der Waals surface area contributed by atoms with Gasteiger partial charge in [0.05, 0.1) is 6.33 Å². The fourth-order valence-electron chi connectivity index (χ4n) is 4.03. The Hall–Kier alpha value is -3.43. The zero-order chi connectivity index (χ0) is 31.6. The van der Waals surface area contributed by atoms with Crippen LogP contribution in [0.1, 0.15) is 46.0 Å². The van der Waals surface area contributed by atoms with Gasteiger partial charge in [0, 0.05) is 7.11 Å². The summed E-state index contributed by atoms with van der Waals surface area (Å²) in [6.07, 6.45) is 3.70. The normalized spacial score (nSPS) is 18.0. The molecular weight excluding hydrogens is 593 g/mol. The number of nitrogens with two attached hydrogens (primary N) is 1. The number of imidazole rings is 1. The molecule has 1 aliphatic carbocycles. The maximum Gasteiger partial charge on any atom is 0.459 e. The number of fused-ring (bicyclic) bond motifs is 1. The van der Waals surface area contributed by atoms with Gasteiger partial charge in [0.15, 0.2) is 17.3 Å². The van der Waals surface area contributed by atoms with Gasteiger partial charge in [-0.05, 0) is 51.7 Å². The highest BCUT2D eigenvalue weighted by Crippen LogP contribution is 2.46. The smallest absolute Gasteiger partial charge is 0.459 e. The summed E-state index contributed by atoms with van der Waals surface area (Å²) in [4.78, 5) is 33.5. The van der Waals surface area contributed by atoms with Crippen molar-refractivity contribution in [3.8, 4) is 5.75 Å². The molecule has 17 heteroatoms. The second kappa shape index (κ2) is 15.3. The zero-order valence-electron chi connectivity index (χ0n) is 24.1. The summed E-state index contributed by atoms with van der Waals surface area (Å²) in [5, 5.41) is 11.3. The lowest BCUT2D eigenvalue weighted by Gasteiger charge is -2.29. The van der Waals surface area contributed by atoms with E-state index in [2.05, 4.69) is 24.8 Å². The Bertz CT molecular complexity index is 1440. The number of alkyl halides is 2. The van der Waals surface area contributed by atoms with Crippen LogP contribution in [0, 0.1) is 0 Å². The van der Waals surface area contributed by atoms with E-state index in [1.807, 2.05) is 0 Å². The van der Waals surface area contributed by atoms with Crippen molar-refractivity contribution in [1.82, 2.24) is 24.6 Å². The Kier molecular flexibility index (Phi) is 12.2. The van der Waals surface area contributed by atoms with E-state index in [1.165, 1.54) is 30.0 Å². The van der Waals surface area contributed by atoms with Crippen molar-refractivity contribution in [2.24, 2.45) is 0 Å². The fraction of sp³-hybridized carbons (Fsp3) is 0.538. The molecule has 3 aromatic rings. The van der Waals surface area contributed by atoms with Crippen LogP contribution in [0.25, 0.3) is 11.2 Å². The van der Waals surface area contributed by atoms with E-state index in [9.17, 15) is 22.9 Å². The number of esters is 1. The molecule has 1 saturated carbocycles. The predicted octanol–water partition coefficient (Wildman–Crippen LogP) is 3.37. The first-order valence-corrected chi connectivity index (χ1v) is 15.1. The third-order valence-corrected chi connectivity index (χ3v) is 8.14. The van der Waals surface area contributed by atoms with Gasteiger partial charge < -0.3 is 24.8 Å². The van der Waals surface area contributed by atoms with Gasteiger partial charge in [-0.3, -0.25) is 23.7 Å². The number of aromatic nitrogens is 4. The number of ether oxygens (including phenoxy) is 2. The zero-order valence-corrected chi connectivity index (χ0v) is 25.0. The van der Waals surface area contributed by atoms with Crippen LogP contribution >= 0.6 is 7.75 Å². The molecule has 2 unspecified atom stereocenters. The fourth-order valence-corrected chi connectivity index (χ4v) is 5.54. The van der Waals surface area contributed by atoms with Gasteiger partial charge in [-0.2, -0.15) is 10.1 Å². The third-order valence-electron chi connectivity index (χ3n) is 6.52. The number of aliphatic hydroxyl groups is 1. The number of nitrogen functional groups attached to an aromatic ring is 1. The molecule has 2 aromatic heterocycles. The first-order chi connectivity index (χ1) is 20.4. The summed E-state index contributed by atoms with van der Waals surface area (Å²) < 4.78 is 63.2. The molecule has 0 aliphatic heterocycles. The second-order valence-electron chi connectivity index (χ2n) is 9.81. The second-order valence-corrected chi connectivity index (χ2v) is 11.5. The topological polar surface area (TPSA) is 193 Å². The maximum absolute atomic E-state index is 14.5. The van der Waals surface area contributed by atoms with E-state index in [0.717, 1.165) is 46.1 Å². The SMILES string of the molecule is CO[C@](F)(COP(=O)(NC(C)C(=O)OC1CCCCC1)Oc1ccccc1)[C@H](C)F.Nc1nc2c(ncn2CO)c(=O)[nH]1. The van der Waals surface area contributed by atoms with E-state index in [1.54, 1.807) is 18.2 Å². The Labute approximate surface area is 246 Å². The van der Waals surface area contributed by atoms with Crippen molar-refractivity contribution >= 4 is 30.8 Å². The van der Waals surface area contributed by atoms with E-state index in [-0.39, 0.29) is 35.7 Å². The molecule has 43 heavy (non-hydrogen) atoms. The van der Waals surface area contributed by atoms with Gasteiger partial charge in [-0.25, -0.2) is 18.3 Å². The van der Waals surface area contributed by atoms with Crippen LogP contribution in [0.2, 0.25) is 0 Å². The number of para-hydroxylation sites is 1. The summed E-state index contributed by atoms with van der Waals surface area (Å²) in [6.45, 7) is 1.09. The number of benzene rings is 1. The van der Waals surface area contributed by atoms with Crippen LogP contribution in [0.3, 0.4) is 0 Å². The number of carbonyl (C=O) groups excluding carboxylic acids is 1. The highest BCUT2D eigenvalue weighted by Gasteiger charge is 2.42. The Morgan fingerprint density at radius 1 is 1.28 bits per heavy atom. The molecule has 5 N–H and O–H groups in total. The highest BCUT2D eigenvalue weighted by molar-refractivity contribution is 7.52. The number of carbonyl (C=O) groups is 1. The number of rotatable bonds is 12. The molecule has 238 valence electrons. The molecule has 14 nitrogen and oxygen atoms in total. The molecule has 4 rings (SSSR count). The van der Waals surface area contributed by atoms with Gasteiger partial charge in [-0.1, -0.05) is 24.6 Å².